The molecule has 0 fully saturated rings. The summed E-state index contributed by atoms with van der Waals surface area (Å²) in [5.74, 6) is -4.88. The number of carbonyl (C=O) groups excluding carboxylic acids is 1. The minimum atomic E-state index is -3.55. The van der Waals surface area contributed by atoms with Gasteiger partial charge in [-0.2, -0.15) is 8.78 Å². The van der Waals surface area contributed by atoms with Crippen molar-refractivity contribution in [3.05, 3.63) is 35.9 Å². The first kappa shape index (κ1) is 16.8. The maximum absolute atomic E-state index is 13.8. The number of amides is 1. The Morgan fingerprint density at radius 2 is 1.78 bits per heavy atom. The van der Waals surface area contributed by atoms with Crippen LogP contribution in [0.3, 0.4) is 0 Å². The lowest BCUT2D eigenvalue weighted by Crippen LogP contribution is -2.53. The van der Waals surface area contributed by atoms with Crippen LogP contribution in [0.1, 0.15) is 19.4 Å². The first-order valence-corrected chi connectivity index (χ1v) is 5.25. The molecule has 1 amide bonds. The molecule has 102 valence electrons. The molecule has 0 aromatic heterocycles. The van der Waals surface area contributed by atoms with E-state index in [1.807, 2.05) is 0 Å². The summed E-state index contributed by atoms with van der Waals surface area (Å²) in [6, 6.07) is 6.97. The van der Waals surface area contributed by atoms with Gasteiger partial charge in [0, 0.05) is 17.6 Å². The van der Waals surface area contributed by atoms with Crippen LogP contribution in [0.5, 0.6) is 0 Å². The van der Waals surface area contributed by atoms with Gasteiger partial charge in [0.15, 0.2) is 0 Å². The highest BCUT2D eigenvalue weighted by molar-refractivity contribution is 5.85. The van der Waals surface area contributed by atoms with Gasteiger partial charge in [0.05, 0.1) is 0 Å². The molecule has 18 heavy (non-hydrogen) atoms. The zero-order chi connectivity index (χ0) is 13.1. The zero-order valence-electron chi connectivity index (χ0n) is 10.2. The van der Waals surface area contributed by atoms with Gasteiger partial charge in [0.25, 0.3) is 5.91 Å². The van der Waals surface area contributed by atoms with E-state index < -0.39 is 17.4 Å². The van der Waals surface area contributed by atoms with Gasteiger partial charge in [-0.3, -0.25) is 4.79 Å². The Morgan fingerprint density at radius 3 is 2.22 bits per heavy atom. The number of halogens is 3. The average molecular weight is 279 g/mol. The number of carbonyl (C=O) groups is 1. The van der Waals surface area contributed by atoms with E-state index >= 15 is 0 Å². The predicted molar refractivity (Wildman–Crippen MR) is 68.9 cm³/mol. The van der Waals surface area contributed by atoms with E-state index in [1.165, 1.54) is 24.3 Å². The molecular weight excluding hydrogens is 262 g/mol. The molecule has 1 rings (SSSR count). The molecule has 1 aromatic carbocycles. The molecule has 0 aliphatic heterocycles. The van der Waals surface area contributed by atoms with Crippen molar-refractivity contribution in [2.45, 2.75) is 25.3 Å². The molecule has 0 spiro atoms. The van der Waals surface area contributed by atoms with Crippen LogP contribution in [0, 0.1) is 0 Å². The summed E-state index contributed by atoms with van der Waals surface area (Å²) in [6.45, 7) is 3.27. The lowest BCUT2D eigenvalue weighted by Gasteiger charge is -2.27. The van der Waals surface area contributed by atoms with Crippen LogP contribution in [0.4, 0.5) is 8.78 Å². The van der Waals surface area contributed by atoms with E-state index in [0.29, 0.717) is 0 Å². The third-order valence-electron chi connectivity index (χ3n) is 2.38. The second kappa shape index (κ2) is 6.11. The quantitative estimate of drug-likeness (QED) is 0.886. The van der Waals surface area contributed by atoms with Gasteiger partial charge in [0.1, 0.15) is 0 Å². The largest absolute Gasteiger partial charge is 0.349 e. The van der Waals surface area contributed by atoms with E-state index in [-0.39, 0.29) is 24.5 Å². The molecule has 0 unspecified atom stereocenters. The van der Waals surface area contributed by atoms with Crippen molar-refractivity contribution in [2.75, 3.05) is 6.54 Å². The fourth-order valence-electron chi connectivity index (χ4n) is 1.22. The Morgan fingerprint density at radius 1 is 1.28 bits per heavy atom. The molecule has 0 radical (unpaired) electrons. The molecule has 0 heterocycles. The minimum absolute atomic E-state index is 0. The van der Waals surface area contributed by atoms with E-state index in [0.717, 1.165) is 0 Å². The van der Waals surface area contributed by atoms with Crippen molar-refractivity contribution in [3.8, 4) is 0 Å². The van der Waals surface area contributed by atoms with Crippen molar-refractivity contribution in [3.63, 3.8) is 0 Å². The number of alkyl halides is 2. The van der Waals surface area contributed by atoms with Gasteiger partial charge in [-0.15, -0.1) is 12.4 Å². The maximum atomic E-state index is 13.8. The van der Waals surface area contributed by atoms with Crippen LogP contribution in [0.25, 0.3) is 0 Å². The molecule has 0 atom stereocenters. The van der Waals surface area contributed by atoms with E-state index in [1.54, 1.807) is 19.9 Å². The second-order valence-corrected chi connectivity index (χ2v) is 4.48. The van der Waals surface area contributed by atoms with Gasteiger partial charge in [0.2, 0.25) is 0 Å². The van der Waals surface area contributed by atoms with Crippen LogP contribution >= 0.6 is 12.4 Å². The van der Waals surface area contributed by atoms with Gasteiger partial charge in [-0.25, -0.2) is 0 Å². The number of hydrogen-bond acceptors (Lipinski definition) is 2. The summed E-state index contributed by atoms with van der Waals surface area (Å²) in [5, 5.41) is 2.23. The van der Waals surface area contributed by atoms with Crippen LogP contribution in [0.15, 0.2) is 30.3 Å². The fourth-order valence-corrected chi connectivity index (χ4v) is 1.22. The van der Waals surface area contributed by atoms with E-state index in [9.17, 15) is 13.6 Å². The third kappa shape index (κ3) is 3.92. The van der Waals surface area contributed by atoms with Gasteiger partial charge in [-0.05, 0) is 13.8 Å². The Balaban J connectivity index is 0.00000289. The summed E-state index contributed by atoms with van der Waals surface area (Å²) < 4.78 is 27.5. The lowest BCUT2D eigenvalue weighted by molar-refractivity contribution is -0.148. The van der Waals surface area contributed by atoms with Gasteiger partial charge < -0.3 is 11.1 Å². The Bertz CT molecular complexity index is 396. The SMILES string of the molecule is CC(C)(CN)NC(=O)C(F)(F)c1ccccc1.Cl. The highest BCUT2D eigenvalue weighted by Gasteiger charge is 2.42. The summed E-state index contributed by atoms with van der Waals surface area (Å²) in [6.07, 6.45) is 0. The van der Waals surface area contributed by atoms with Gasteiger partial charge >= 0.3 is 5.92 Å². The molecule has 6 heteroatoms. The molecule has 0 saturated heterocycles. The number of hydrogen-bond donors (Lipinski definition) is 2. The number of nitrogens with one attached hydrogen (secondary N) is 1. The van der Waals surface area contributed by atoms with Crippen molar-refractivity contribution in [1.29, 1.82) is 0 Å². The molecule has 3 N–H and O–H groups in total. The molecule has 0 saturated carbocycles. The first-order valence-electron chi connectivity index (χ1n) is 5.25. The topological polar surface area (TPSA) is 55.1 Å². The molecule has 1 aromatic rings. The van der Waals surface area contributed by atoms with Crippen molar-refractivity contribution < 1.29 is 13.6 Å². The van der Waals surface area contributed by atoms with E-state index in [2.05, 4.69) is 5.32 Å². The molecule has 3 nitrogen and oxygen atoms in total. The molecule has 0 bridgehead atoms. The Labute approximate surface area is 111 Å². The van der Waals surface area contributed by atoms with Crippen LogP contribution in [-0.4, -0.2) is 18.0 Å². The summed E-state index contributed by atoms with van der Waals surface area (Å²) in [4.78, 5) is 11.5. The highest BCUT2D eigenvalue weighted by Crippen LogP contribution is 2.28. The van der Waals surface area contributed by atoms with Crippen molar-refractivity contribution >= 4 is 18.3 Å². The summed E-state index contributed by atoms with van der Waals surface area (Å²) in [5.41, 5.74) is 4.20. The van der Waals surface area contributed by atoms with Crippen molar-refractivity contribution in [1.82, 2.24) is 5.32 Å². The first-order chi connectivity index (χ1) is 7.79. The summed E-state index contributed by atoms with van der Waals surface area (Å²) in [7, 11) is 0. The summed E-state index contributed by atoms with van der Waals surface area (Å²) >= 11 is 0. The standard InChI is InChI=1S/C12H16F2N2O.ClH/c1-11(2,8-15)16-10(17)12(13,14)9-6-4-3-5-7-9;/h3-7H,8,15H2,1-2H3,(H,16,17);1H. The highest BCUT2D eigenvalue weighted by atomic mass is 35.5. The Hall–Kier alpha value is -1.20. The monoisotopic (exact) mass is 278 g/mol. The normalized spacial score (nSPS) is 11.6. The molecule has 0 aliphatic carbocycles. The van der Waals surface area contributed by atoms with Crippen LogP contribution in [0.2, 0.25) is 0 Å². The van der Waals surface area contributed by atoms with Crippen LogP contribution < -0.4 is 11.1 Å². The predicted octanol–water partition coefficient (Wildman–Crippen LogP) is 2.05. The third-order valence-corrected chi connectivity index (χ3v) is 2.38. The fraction of sp³-hybridized carbons (Fsp3) is 0.417. The molecular formula is C12H17ClF2N2O. The smallest absolute Gasteiger partial charge is 0.344 e. The Kier molecular flexibility index (Phi) is 5.70. The van der Waals surface area contributed by atoms with Gasteiger partial charge in [-0.1, -0.05) is 30.3 Å². The lowest BCUT2D eigenvalue weighted by atomic mass is 10.0. The van der Waals surface area contributed by atoms with E-state index in [4.69, 9.17) is 5.73 Å². The number of nitrogens with two attached hydrogens (primary N) is 1. The number of rotatable bonds is 4. The second-order valence-electron chi connectivity index (χ2n) is 4.48. The maximum Gasteiger partial charge on any atom is 0.349 e. The number of benzene rings is 1. The molecule has 0 aliphatic rings. The zero-order valence-corrected chi connectivity index (χ0v) is 11.1. The minimum Gasteiger partial charge on any atom is -0.344 e. The average Bonchev–Trinajstić information content (AvgIpc) is 2.29. The van der Waals surface area contributed by atoms with Crippen LogP contribution in [-0.2, 0) is 10.7 Å². The van der Waals surface area contributed by atoms with Crippen molar-refractivity contribution in [2.24, 2.45) is 5.73 Å².